The van der Waals surface area contributed by atoms with E-state index in [0.29, 0.717) is 5.75 Å². The Labute approximate surface area is 159 Å². The third kappa shape index (κ3) is 4.36. The second-order valence-electron chi connectivity index (χ2n) is 6.50. The lowest BCUT2D eigenvalue weighted by Gasteiger charge is -2.31. The van der Waals surface area contributed by atoms with Gasteiger partial charge in [-0.05, 0) is 38.1 Å². The van der Waals surface area contributed by atoms with Gasteiger partial charge in [0, 0.05) is 5.56 Å². The quantitative estimate of drug-likeness (QED) is 0.844. The van der Waals surface area contributed by atoms with Crippen molar-refractivity contribution in [1.82, 2.24) is 10.4 Å². The number of nitrogens with one attached hydrogen (secondary N) is 1. The number of carbonyl (C=O) groups excluding carboxylic acids is 1. The van der Waals surface area contributed by atoms with Crippen LogP contribution in [0, 0.1) is 0 Å². The number of hydrogen-bond acceptors (Lipinski definition) is 5. The van der Waals surface area contributed by atoms with Gasteiger partial charge in [-0.25, -0.2) is 5.01 Å². The number of hydrogen-bond donors (Lipinski definition) is 1. The molecule has 6 nitrogen and oxygen atoms in total. The maximum Gasteiger partial charge on any atom is 0.416 e. The van der Waals surface area contributed by atoms with Crippen LogP contribution in [0.25, 0.3) is 0 Å². The van der Waals surface area contributed by atoms with Crippen molar-refractivity contribution < 1.29 is 27.5 Å². The Bertz CT molecular complexity index is 883. The molecule has 0 saturated carbocycles. The van der Waals surface area contributed by atoms with Crippen molar-refractivity contribution >= 4 is 11.7 Å². The highest BCUT2D eigenvalue weighted by molar-refractivity contribution is 6.00. The normalized spacial score (nSPS) is 15.6. The van der Waals surface area contributed by atoms with E-state index in [4.69, 9.17) is 9.57 Å². The van der Waals surface area contributed by atoms with Crippen LogP contribution in [0.4, 0.5) is 13.2 Å². The van der Waals surface area contributed by atoms with E-state index < -0.39 is 23.4 Å². The number of oxime groups is 1. The molecule has 0 bridgehead atoms. The molecule has 0 aromatic heterocycles. The lowest BCUT2D eigenvalue weighted by atomic mass is 10.1. The summed E-state index contributed by atoms with van der Waals surface area (Å²) in [6, 6.07) is 13.4. The van der Waals surface area contributed by atoms with Gasteiger partial charge in [0.2, 0.25) is 5.72 Å². The summed E-state index contributed by atoms with van der Waals surface area (Å²) in [5.74, 6) is 0.0626. The first kappa shape index (κ1) is 19.5. The highest BCUT2D eigenvalue weighted by Gasteiger charge is 2.40. The van der Waals surface area contributed by atoms with Gasteiger partial charge in [-0.1, -0.05) is 35.5 Å². The second-order valence-corrected chi connectivity index (χ2v) is 6.50. The second kappa shape index (κ2) is 7.41. The van der Waals surface area contributed by atoms with E-state index in [1.165, 1.54) is 17.1 Å². The van der Waals surface area contributed by atoms with Gasteiger partial charge >= 0.3 is 6.18 Å². The van der Waals surface area contributed by atoms with Crippen molar-refractivity contribution in [3.05, 3.63) is 65.7 Å². The van der Waals surface area contributed by atoms with Crippen molar-refractivity contribution in [3.63, 3.8) is 0 Å². The third-order valence-electron chi connectivity index (χ3n) is 3.90. The molecule has 0 unspecified atom stereocenters. The highest BCUT2D eigenvalue weighted by Crippen LogP contribution is 2.31. The summed E-state index contributed by atoms with van der Waals surface area (Å²) in [7, 11) is 0. The van der Waals surface area contributed by atoms with Crippen LogP contribution < -0.4 is 10.2 Å². The number of rotatable bonds is 5. The van der Waals surface area contributed by atoms with Gasteiger partial charge in [0.1, 0.15) is 5.75 Å². The number of ether oxygens (including phenoxy) is 1. The predicted molar refractivity (Wildman–Crippen MR) is 95.1 cm³/mol. The lowest BCUT2D eigenvalue weighted by molar-refractivity contribution is -0.138. The van der Waals surface area contributed by atoms with Crippen molar-refractivity contribution in [2.75, 3.05) is 6.61 Å². The zero-order valence-electron chi connectivity index (χ0n) is 15.2. The number of alkyl halides is 3. The number of carbonyl (C=O) groups is 1. The van der Waals surface area contributed by atoms with E-state index in [9.17, 15) is 18.0 Å². The molecule has 0 atom stereocenters. The van der Waals surface area contributed by atoms with Crippen molar-refractivity contribution in [3.8, 4) is 5.75 Å². The van der Waals surface area contributed by atoms with Crippen LogP contribution in [0.5, 0.6) is 5.75 Å². The van der Waals surface area contributed by atoms with E-state index in [1.54, 1.807) is 38.1 Å². The Balaban J connectivity index is 1.75. The smallest absolute Gasteiger partial charge is 0.416 e. The van der Waals surface area contributed by atoms with Crippen LogP contribution in [0.15, 0.2) is 59.8 Å². The van der Waals surface area contributed by atoms with Crippen molar-refractivity contribution in [2.24, 2.45) is 5.16 Å². The van der Waals surface area contributed by atoms with Crippen LogP contribution in [0.3, 0.4) is 0 Å². The zero-order chi connectivity index (χ0) is 20.4. The molecular formula is C19H18F3N3O3. The molecule has 1 amide bonds. The summed E-state index contributed by atoms with van der Waals surface area (Å²) in [5, 5.41) is 5.13. The first-order valence-electron chi connectivity index (χ1n) is 8.38. The fourth-order valence-corrected chi connectivity index (χ4v) is 2.52. The molecule has 1 heterocycles. The Morgan fingerprint density at radius 3 is 2.57 bits per heavy atom. The molecule has 0 aliphatic carbocycles. The minimum Gasteiger partial charge on any atom is -0.484 e. The van der Waals surface area contributed by atoms with Crippen LogP contribution in [-0.2, 0) is 15.8 Å². The fraction of sp³-hybridized carbons (Fsp3) is 0.263. The summed E-state index contributed by atoms with van der Waals surface area (Å²) < 4.78 is 44.4. The molecule has 0 spiro atoms. The summed E-state index contributed by atoms with van der Waals surface area (Å²) in [6.07, 6.45) is -4.50. The van der Waals surface area contributed by atoms with Gasteiger partial charge in [0.05, 0.1) is 5.56 Å². The summed E-state index contributed by atoms with van der Waals surface area (Å²) in [5.41, 5.74) is 0.821. The maximum absolute atomic E-state index is 13.0. The van der Waals surface area contributed by atoms with Crippen LogP contribution in [0.1, 0.15) is 25.0 Å². The lowest BCUT2D eigenvalue weighted by Crippen LogP contribution is -2.55. The number of amidine groups is 1. The molecule has 1 N–H and O–H groups in total. The molecule has 28 heavy (non-hydrogen) atoms. The number of nitrogens with zero attached hydrogens (tertiary/aromatic N) is 2. The predicted octanol–water partition coefficient (Wildman–Crippen LogP) is 3.55. The molecule has 148 valence electrons. The Hall–Kier alpha value is -3.23. The molecule has 2 aromatic carbocycles. The molecule has 0 saturated heterocycles. The molecule has 0 fully saturated rings. The maximum atomic E-state index is 13.0. The van der Waals surface area contributed by atoms with Gasteiger partial charge in [-0.15, -0.1) is 0 Å². The number of amides is 1. The molecular weight excluding hydrogens is 375 g/mol. The Kier molecular flexibility index (Phi) is 5.17. The van der Waals surface area contributed by atoms with E-state index in [2.05, 4.69) is 10.6 Å². The minimum atomic E-state index is -4.50. The van der Waals surface area contributed by atoms with E-state index >= 15 is 0 Å². The van der Waals surface area contributed by atoms with Crippen molar-refractivity contribution in [1.29, 1.82) is 0 Å². The Morgan fingerprint density at radius 2 is 1.89 bits per heavy atom. The minimum absolute atomic E-state index is 0.0594. The molecule has 1 aliphatic rings. The van der Waals surface area contributed by atoms with Gasteiger partial charge < -0.3 is 9.57 Å². The number of para-hydroxylation sites is 1. The zero-order valence-corrected chi connectivity index (χ0v) is 15.2. The van der Waals surface area contributed by atoms with Crippen LogP contribution in [0.2, 0.25) is 0 Å². The largest absolute Gasteiger partial charge is 0.484 e. The van der Waals surface area contributed by atoms with Crippen molar-refractivity contribution in [2.45, 2.75) is 25.7 Å². The molecule has 1 aliphatic heterocycles. The molecule has 3 rings (SSSR count). The molecule has 9 heteroatoms. The average molecular weight is 393 g/mol. The van der Waals surface area contributed by atoms with Gasteiger partial charge in [0.15, 0.2) is 12.4 Å². The number of hydrazine groups is 1. The van der Waals surface area contributed by atoms with Gasteiger partial charge in [-0.3, -0.25) is 10.2 Å². The van der Waals surface area contributed by atoms with Crippen LogP contribution >= 0.6 is 0 Å². The monoisotopic (exact) mass is 393 g/mol. The summed E-state index contributed by atoms with van der Waals surface area (Å²) in [6.45, 7) is 2.96. The fourth-order valence-electron chi connectivity index (χ4n) is 2.52. The topological polar surface area (TPSA) is 63.2 Å². The molecule has 2 aromatic rings. The van der Waals surface area contributed by atoms with Gasteiger partial charge in [0.25, 0.3) is 5.91 Å². The van der Waals surface area contributed by atoms with Gasteiger partial charge in [-0.2, -0.15) is 13.2 Å². The SMILES string of the molecule is CC1(C)ON=C(c2cccc(C(F)(F)F)c2)N1NC(=O)COc1ccccc1. The standard InChI is InChI=1S/C19H18F3N3O3/c1-18(2)25(23-16(26)12-27-15-9-4-3-5-10-15)17(24-28-18)13-7-6-8-14(11-13)19(20,21)22/h3-11H,12H2,1-2H3,(H,23,26). The highest BCUT2D eigenvalue weighted by atomic mass is 19.4. The number of benzene rings is 2. The van der Waals surface area contributed by atoms with E-state index in [1.807, 2.05) is 6.07 Å². The first-order valence-corrected chi connectivity index (χ1v) is 8.38. The van der Waals surface area contributed by atoms with Crippen LogP contribution in [-0.4, -0.2) is 29.1 Å². The summed E-state index contributed by atoms with van der Waals surface area (Å²) in [4.78, 5) is 17.6. The Morgan fingerprint density at radius 1 is 1.18 bits per heavy atom. The third-order valence-corrected chi connectivity index (χ3v) is 3.90. The number of halogens is 3. The van der Waals surface area contributed by atoms with E-state index in [-0.39, 0.29) is 18.0 Å². The molecule has 0 radical (unpaired) electrons. The average Bonchev–Trinajstić information content (AvgIpc) is 2.95. The summed E-state index contributed by atoms with van der Waals surface area (Å²) >= 11 is 0. The van der Waals surface area contributed by atoms with E-state index in [0.717, 1.165) is 12.1 Å². The first-order chi connectivity index (χ1) is 13.2.